The molecule has 0 aromatic rings. The highest BCUT2D eigenvalue weighted by Crippen LogP contribution is 2.67. The topological polar surface area (TPSA) is 263 Å². The van der Waals surface area contributed by atoms with E-state index >= 15 is 0 Å². The molecule has 0 aromatic carbocycles. The van der Waals surface area contributed by atoms with Gasteiger partial charge < -0.3 is 47.4 Å². The lowest BCUT2D eigenvalue weighted by molar-refractivity contribution is -0.215. The Kier molecular flexibility index (Phi) is 48.1. The van der Waals surface area contributed by atoms with E-state index in [1.165, 1.54) is 135 Å². The molecule has 20 nitrogen and oxygen atoms in total. The van der Waals surface area contributed by atoms with Crippen molar-refractivity contribution >= 4 is 59.7 Å². The molecule has 13 rings (SSSR count). The molecule has 20 heteroatoms. The lowest BCUT2D eigenvalue weighted by Crippen LogP contribution is -2.59. The van der Waals surface area contributed by atoms with Crippen LogP contribution in [0.15, 0.2) is 0 Å². The quantitative estimate of drug-likeness (QED) is 0.0329. The summed E-state index contributed by atoms with van der Waals surface area (Å²) < 4.78 is 56.4. The van der Waals surface area contributed by atoms with Crippen molar-refractivity contribution in [3.63, 3.8) is 0 Å². The molecule has 0 radical (unpaired) electrons. The number of ether oxygens (including phenoxy) is 10. The van der Waals surface area contributed by atoms with Crippen LogP contribution >= 0.6 is 0 Å². The van der Waals surface area contributed by atoms with Crippen molar-refractivity contribution in [3.05, 3.63) is 0 Å². The van der Waals surface area contributed by atoms with Gasteiger partial charge in [0.2, 0.25) is 0 Å². The van der Waals surface area contributed by atoms with Crippen LogP contribution in [0.25, 0.3) is 0 Å². The normalized spacial score (nSPS) is 25.4. The second kappa shape index (κ2) is 53.6. The molecule has 0 spiro atoms. The standard InChI is InChI=1S/C31H48O8.C23H38O4.C23H40O4.C22H38O4.4C2H6/c1-6-29(2,3)28(35)37-12-11-36-26(33)23-9-7-8-10-24(23)27(34)38-19-25(32)39-30(4,5)31-16-20-13-21(17-31)15-22(14-20)18-31;1-6-21(4,5)20(25)26-15-19(24)27-23(7-2,8-3)22-12-16-9-17(13-22)11-18(10-16)14-22;1-5-22(3,4)21(25)26-17-20(24)27-23(6-2,18-13-9-7-10-14-18)19-15-11-8-12-16-19;1-5-21(2,3)20(24)25-16-19(23)26-22(4,17-12-8-6-9-13-17)18-14-10-7-11-15-18;4*1-2/h20-24H,6-19H2,1-5H3;16-18H,6-15H2,1-5H3;18-19H,5-17H2,1-4H3;17-18H,5-16H2,1-4H3;4*1-2H3. The molecule has 0 saturated heterocycles. The molecule has 2 unspecified atom stereocenters. The minimum atomic E-state index is -0.656. The monoisotopic (exact) mass is 1790 g/mol. The van der Waals surface area contributed by atoms with Gasteiger partial charge in [-0.05, 0) is 322 Å². The zero-order valence-electron chi connectivity index (χ0n) is 85.7. The molecule has 0 aliphatic heterocycles. The van der Waals surface area contributed by atoms with E-state index in [9.17, 15) is 47.9 Å². The first kappa shape index (κ1) is 114. The van der Waals surface area contributed by atoms with Crippen LogP contribution in [0, 0.1) is 104 Å². The molecular weight excluding hydrogens is 1610 g/mol. The maximum Gasteiger partial charge on any atom is 0.344 e. The summed E-state index contributed by atoms with van der Waals surface area (Å²) in [6.07, 6.45) is 47.1. The van der Waals surface area contributed by atoms with Gasteiger partial charge in [0, 0.05) is 10.8 Å². The van der Waals surface area contributed by atoms with Gasteiger partial charge in [0.1, 0.15) is 35.6 Å². The van der Waals surface area contributed by atoms with Crippen molar-refractivity contribution < 1.29 is 95.3 Å². The molecule has 8 bridgehead atoms. The van der Waals surface area contributed by atoms with Crippen LogP contribution in [-0.4, -0.2) is 122 Å². The first-order chi connectivity index (χ1) is 60.2. The van der Waals surface area contributed by atoms with Crippen LogP contribution in [-0.2, 0) is 95.3 Å². The van der Waals surface area contributed by atoms with E-state index in [1.54, 1.807) is 13.8 Å². The van der Waals surface area contributed by atoms with Crippen molar-refractivity contribution in [3.8, 4) is 0 Å². The minimum absolute atomic E-state index is 0.0141. The van der Waals surface area contributed by atoms with Crippen LogP contribution in [0.3, 0.4) is 0 Å². The molecule has 0 heterocycles. The molecule has 13 saturated carbocycles. The molecule has 0 amide bonds. The van der Waals surface area contributed by atoms with Crippen LogP contribution in [0.2, 0.25) is 0 Å². The van der Waals surface area contributed by atoms with Gasteiger partial charge in [-0.25, -0.2) is 19.2 Å². The lowest BCUT2D eigenvalue weighted by Gasteiger charge is -2.63. The smallest absolute Gasteiger partial charge is 0.344 e. The summed E-state index contributed by atoms with van der Waals surface area (Å²) in [5.74, 6) is 1.14. The van der Waals surface area contributed by atoms with Gasteiger partial charge in [0.25, 0.3) is 0 Å². The average Bonchev–Trinajstić information content (AvgIpc) is 0.722. The van der Waals surface area contributed by atoms with Gasteiger partial charge in [-0.1, -0.05) is 194 Å². The molecule has 127 heavy (non-hydrogen) atoms. The number of carbonyl (C=O) groups is 10. The van der Waals surface area contributed by atoms with E-state index < -0.39 is 74.8 Å². The lowest BCUT2D eigenvalue weighted by atomic mass is 9.44. The fourth-order valence-electron chi connectivity index (χ4n) is 24.2. The Bertz CT molecular complexity index is 3200. The average molecular weight is 1790 g/mol. The third-order valence-electron chi connectivity index (χ3n) is 32.7. The molecule has 13 fully saturated rings. The number of hydrogen-bond donors (Lipinski definition) is 0. The summed E-state index contributed by atoms with van der Waals surface area (Å²) in [7, 11) is 0. The Hall–Kier alpha value is -5.30. The Balaban J connectivity index is 0.000000350. The third-order valence-corrected chi connectivity index (χ3v) is 32.7. The van der Waals surface area contributed by atoms with Crippen molar-refractivity contribution in [2.45, 2.75) is 479 Å². The highest BCUT2D eigenvalue weighted by Gasteiger charge is 2.62. The van der Waals surface area contributed by atoms with Crippen LogP contribution in [0.1, 0.15) is 456 Å². The number of carbonyl (C=O) groups excluding carboxylic acids is 10. The van der Waals surface area contributed by atoms with Crippen LogP contribution in [0.5, 0.6) is 0 Å². The maximum absolute atomic E-state index is 13.0. The summed E-state index contributed by atoms with van der Waals surface area (Å²) in [5, 5.41) is 0. The Morgan fingerprint density at radius 3 is 0.843 bits per heavy atom. The van der Waals surface area contributed by atoms with Crippen LogP contribution in [0.4, 0.5) is 0 Å². The third kappa shape index (κ3) is 31.1. The molecule has 0 N–H and O–H groups in total. The molecular formula is C107H188O20. The van der Waals surface area contributed by atoms with Gasteiger partial charge in [-0.2, -0.15) is 0 Å². The number of rotatable bonds is 34. The summed E-state index contributed by atoms with van der Waals surface area (Å²) in [6, 6.07) is 0. The summed E-state index contributed by atoms with van der Waals surface area (Å²) in [4.78, 5) is 125. The van der Waals surface area contributed by atoms with Gasteiger partial charge in [-0.3, -0.25) is 28.8 Å². The summed E-state index contributed by atoms with van der Waals surface area (Å²) >= 11 is 0. The number of hydrogen-bond acceptors (Lipinski definition) is 20. The molecule has 2 atom stereocenters. The summed E-state index contributed by atoms with van der Waals surface area (Å²) in [5.41, 5.74) is -3.93. The summed E-state index contributed by atoms with van der Waals surface area (Å²) in [6.45, 7) is 49.8. The van der Waals surface area contributed by atoms with E-state index in [0.29, 0.717) is 62.2 Å². The Morgan fingerprint density at radius 2 is 0.528 bits per heavy atom. The Labute approximate surface area is 772 Å². The highest BCUT2D eigenvalue weighted by atomic mass is 16.6. The maximum atomic E-state index is 13.0. The fraction of sp³-hybridized carbons (Fsp3) is 0.907. The van der Waals surface area contributed by atoms with E-state index in [2.05, 4.69) is 27.7 Å². The molecule has 13 aliphatic carbocycles. The zero-order chi connectivity index (χ0) is 95.4. The molecule has 13 aliphatic rings. The van der Waals surface area contributed by atoms with Gasteiger partial charge in [0.05, 0.1) is 33.5 Å². The van der Waals surface area contributed by atoms with E-state index in [-0.39, 0.29) is 91.3 Å². The largest absolute Gasteiger partial charge is 0.462 e. The van der Waals surface area contributed by atoms with E-state index in [0.717, 1.165) is 138 Å². The predicted octanol–water partition coefficient (Wildman–Crippen LogP) is 26.0. The first-order valence-electron chi connectivity index (χ1n) is 52.1. The van der Waals surface area contributed by atoms with Crippen molar-refractivity contribution in [2.24, 2.45) is 104 Å². The minimum Gasteiger partial charge on any atom is -0.462 e. The Morgan fingerprint density at radius 1 is 0.268 bits per heavy atom. The van der Waals surface area contributed by atoms with Crippen molar-refractivity contribution in [2.75, 3.05) is 39.6 Å². The van der Waals surface area contributed by atoms with E-state index in [1.807, 2.05) is 138 Å². The first-order valence-corrected chi connectivity index (χ1v) is 52.1. The molecule has 0 aromatic heterocycles. The predicted molar refractivity (Wildman–Crippen MR) is 504 cm³/mol. The number of esters is 10. The van der Waals surface area contributed by atoms with Gasteiger partial charge in [-0.15, -0.1) is 0 Å². The van der Waals surface area contributed by atoms with Gasteiger partial charge in [0.15, 0.2) is 26.4 Å². The van der Waals surface area contributed by atoms with Crippen LogP contribution < -0.4 is 0 Å². The van der Waals surface area contributed by atoms with E-state index in [4.69, 9.17) is 47.4 Å². The second-order valence-electron chi connectivity index (χ2n) is 42.4. The SMILES string of the molecule is CC.CC.CC.CC.CCC(C)(C)C(=O)OCC(=O)OC(C)(C1CCCCC1)C1CCCCC1.CCC(C)(C)C(=O)OCC(=O)OC(CC)(C1CCCCC1)C1CCCCC1.CCC(C)(C)C(=O)OCC(=O)OC(CC)(CC)C12CC3CC(CC(C3)C1)C2.CCC(C)(C)C(=O)OCCOC(=O)C1CCCCC1C(=O)OCC(=O)OC(C)(C)C12CC3CC(CC(C3)C1)C2. The van der Waals surface area contributed by atoms with Crippen molar-refractivity contribution in [1.29, 1.82) is 0 Å². The van der Waals surface area contributed by atoms with Gasteiger partial charge >= 0.3 is 59.7 Å². The zero-order valence-corrected chi connectivity index (χ0v) is 85.7. The van der Waals surface area contributed by atoms with Crippen molar-refractivity contribution in [1.82, 2.24) is 0 Å². The second-order valence-corrected chi connectivity index (χ2v) is 42.4. The molecule has 736 valence electrons. The fourth-order valence-corrected chi connectivity index (χ4v) is 24.2. The highest BCUT2D eigenvalue weighted by molar-refractivity contribution is 5.85.